The number of nitrogens with zero attached hydrogens (tertiary/aromatic N) is 1. The summed E-state index contributed by atoms with van der Waals surface area (Å²) < 4.78 is 9.87. The van der Waals surface area contributed by atoms with Gasteiger partial charge >= 0.3 is 11.9 Å². The summed E-state index contributed by atoms with van der Waals surface area (Å²) in [4.78, 5) is 27.1. The van der Waals surface area contributed by atoms with E-state index in [9.17, 15) is 9.59 Å². The smallest absolute Gasteiger partial charge is 0.338 e. The third-order valence-corrected chi connectivity index (χ3v) is 6.20. The Morgan fingerprint density at radius 1 is 1.26 bits per heavy atom. The van der Waals surface area contributed by atoms with Crippen LogP contribution in [0.25, 0.3) is 0 Å². The van der Waals surface area contributed by atoms with E-state index in [0.717, 1.165) is 12.8 Å². The number of hydrogen-bond acceptors (Lipinski definition) is 5. The van der Waals surface area contributed by atoms with Crippen LogP contribution in [-0.2, 0) is 14.3 Å². The molecule has 0 amide bonds. The number of benzene rings is 1. The molecule has 2 aliphatic rings. The highest BCUT2D eigenvalue weighted by molar-refractivity contribution is 6.28. The zero-order chi connectivity index (χ0) is 16.6. The van der Waals surface area contributed by atoms with Gasteiger partial charge < -0.3 is 14.4 Å². The lowest BCUT2D eigenvalue weighted by Crippen LogP contribution is -2.58. The molecule has 0 aromatic heterocycles. The monoisotopic (exact) mass is 329 g/mol. The third-order valence-electron chi connectivity index (χ3n) is 5.21. The molecule has 23 heavy (non-hydrogen) atoms. The minimum absolute atomic E-state index is 0.00673. The highest BCUT2D eigenvalue weighted by Gasteiger charge is 2.58. The molecule has 0 saturated carbocycles. The van der Waals surface area contributed by atoms with Crippen molar-refractivity contribution in [2.24, 2.45) is 0 Å². The van der Waals surface area contributed by atoms with Crippen LogP contribution in [0.3, 0.4) is 0 Å². The second-order valence-electron chi connectivity index (χ2n) is 6.33. The van der Waals surface area contributed by atoms with E-state index in [4.69, 9.17) is 9.47 Å². The van der Waals surface area contributed by atoms with E-state index >= 15 is 0 Å². The Morgan fingerprint density at radius 2 is 1.96 bits per heavy atom. The number of carbonyl (C=O) groups is 2. The minimum Gasteiger partial charge on any atom is -0.469 e. The summed E-state index contributed by atoms with van der Waals surface area (Å²) in [6, 6.07) is 9.22. The van der Waals surface area contributed by atoms with Crippen molar-refractivity contribution >= 4 is 28.2 Å². The van der Waals surface area contributed by atoms with E-state index in [1.807, 2.05) is 13.1 Å². The van der Waals surface area contributed by atoms with E-state index in [0.29, 0.717) is 18.0 Å². The molecular weight excluding hydrogens is 309 g/mol. The summed E-state index contributed by atoms with van der Waals surface area (Å²) in [6.07, 6.45) is 2.05. The average Bonchev–Trinajstić information content (AvgIpc) is 2.86. The Balaban J connectivity index is 1.87. The van der Waals surface area contributed by atoms with Gasteiger partial charge in [0.1, 0.15) is 6.10 Å². The number of carbonyl (C=O) groups excluding carboxylic acids is 2. The molecule has 0 N–H and O–H groups in total. The molecule has 0 aliphatic carbocycles. The molecule has 2 heterocycles. The number of rotatable bonds is 3. The van der Waals surface area contributed by atoms with E-state index in [1.165, 1.54) is 7.11 Å². The molecule has 2 saturated heterocycles. The maximum atomic E-state index is 12.5. The molecule has 0 unspecified atom stereocenters. The molecule has 4 atom stereocenters. The first-order chi connectivity index (χ1) is 11.0. The Kier molecular flexibility index (Phi) is 4.50. The topological polar surface area (TPSA) is 55.8 Å². The second-order valence-corrected chi connectivity index (χ2v) is 7.29. The molecule has 1 aromatic carbocycles. The lowest BCUT2D eigenvalue weighted by atomic mass is 9.86. The lowest BCUT2D eigenvalue weighted by Gasteiger charge is -2.49. The molecule has 2 radical (unpaired) electrons. The van der Waals surface area contributed by atoms with Crippen molar-refractivity contribution in [1.29, 1.82) is 0 Å². The van der Waals surface area contributed by atoms with Crippen molar-refractivity contribution in [3.63, 3.8) is 0 Å². The van der Waals surface area contributed by atoms with Crippen LogP contribution in [0.5, 0.6) is 0 Å². The van der Waals surface area contributed by atoms with Crippen LogP contribution in [0.4, 0.5) is 0 Å². The van der Waals surface area contributed by atoms with Crippen molar-refractivity contribution in [3.8, 4) is 0 Å². The number of piperidine rings is 1. The van der Waals surface area contributed by atoms with Crippen LogP contribution >= 0.6 is 0 Å². The van der Waals surface area contributed by atoms with Gasteiger partial charge in [0.25, 0.3) is 0 Å². The van der Waals surface area contributed by atoms with Gasteiger partial charge in [0, 0.05) is 16.4 Å². The first-order valence-electron chi connectivity index (χ1n) is 7.83. The van der Waals surface area contributed by atoms with Crippen molar-refractivity contribution in [3.05, 3.63) is 35.9 Å². The standard InChI is InChI=1S/C17H20NO4.Al/c1-18-12-8-9-13(18)15(17(20)21-2)14(10-12)22-16(19)11-6-4-3-5-7-11;/h3-7,12-14H,8-10H2,1-2H3;/t12-,13+,14+;/m1./s1. The van der Waals surface area contributed by atoms with Crippen molar-refractivity contribution in [2.45, 2.75) is 41.7 Å². The van der Waals surface area contributed by atoms with Gasteiger partial charge in [-0.2, -0.15) is 0 Å². The van der Waals surface area contributed by atoms with E-state index in [2.05, 4.69) is 21.2 Å². The molecule has 2 bridgehead atoms. The van der Waals surface area contributed by atoms with Crippen LogP contribution in [0.15, 0.2) is 30.3 Å². The summed E-state index contributed by atoms with van der Waals surface area (Å²) >= 11 is 2.63. The molecule has 120 valence electrons. The van der Waals surface area contributed by atoms with E-state index in [-0.39, 0.29) is 12.0 Å². The quantitative estimate of drug-likeness (QED) is 0.622. The fourth-order valence-corrected chi connectivity index (χ4v) is 4.61. The van der Waals surface area contributed by atoms with Crippen LogP contribution < -0.4 is 0 Å². The number of esters is 2. The van der Waals surface area contributed by atoms with Gasteiger partial charge in [-0.15, -0.1) is 0 Å². The predicted molar refractivity (Wildman–Crippen MR) is 85.3 cm³/mol. The van der Waals surface area contributed by atoms with E-state index in [1.54, 1.807) is 24.3 Å². The van der Waals surface area contributed by atoms with Crippen LogP contribution in [0.2, 0.25) is 4.28 Å². The minimum atomic E-state index is -0.916. The summed E-state index contributed by atoms with van der Waals surface area (Å²) in [7, 11) is 3.41. The van der Waals surface area contributed by atoms with Crippen LogP contribution in [0.1, 0.15) is 29.6 Å². The van der Waals surface area contributed by atoms with E-state index < -0.39 is 16.4 Å². The lowest BCUT2D eigenvalue weighted by molar-refractivity contribution is -0.153. The molecule has 0 spiro atoms. The molecular formula is C17H20AlNO4. The van der Waals surface area contributed by atoms with Gasteiger partial charge in [-0.1, -0.05) is 18.2 Å². The summed E-state index contributed by atoms with van der Waals surface area (Å²) in [5.41, 5.74) is 0.496. The maximum absolute atomic E-state index is 12.5. The summed E-state index contributed by atoms with van der Waals surface area (Å²) in [6.45, 7) is 0. The summed E-state index contributed by atoms with van der Waals surface area (Å²) in [5, 5.41) is 0. The largest absolute Gasteiger partial charge is 0.469 e. The fraction of sp³-hybridized carbons (Fsp3) is 0.529. The van der Waals surface area contributed by atoms with Crippen molar-refractivity contribution in [1.82, 2.24) is 4.90 Å². The normalized spacial score (nSPS) is 33.2. The second kappa shape index (κ2) is 6.28. The van der Waals surface area contributed by atoms with Gasteiger partial charge in [0.2, 0.25) is 0 Å². The van der Waals surface area contributed by atoms with Crippen molar-refractivity contribution < 1.29 is 19.1 Å². The first-order valence-corrected chi connectivity index (χ1v) is 8.41. The van der Waals surface area contributed by atoms with Gasteiger partial charge in [-0.3, -0.25) is 4.79 Å². The molecule has 1 aromatic rings. The fourth-order valence-electron chi connectivity index (χ4n) is 3.89. The summed E-state index contributed by atoms with van der Waals surface area (Å²) in [5.74, 6) is -0.735. The Labute approximate surface area is 144 Å². The number of ether oxygens (including phenoxy) is 2. The zero-order valence-corrected chi connectivity index (χ0v) is 14.6. The maximum Gasteiger partial charge on any atom is 0.338 e. The average molecular weight is 329 g/mol. The molecule has 2 fully saturated rings. The van der Waals surface area contributed by atoms with Gasteiger partial charge in [-0.05, 0) is 38.4 Å². The number of hydrogen-bond donors (Lipinski definition) is 0. The van der Waals surface area contributed by atoms with Gasteiger partial charge in [-0.25, -0.2) is 4.79 Å². The molecule has 3 rings (SSSR count). The number of methoxy groups -OCH3 is 1. The molecule has 6 heteroatoms. The zero-order valence-electron chi connectivity index (χ0n) is 13.4. The Morgan fingerprint density at radius 3 is 2.61 bits per heavy atom. The Hall–Kier alpha value is -1.35. The first kappa shape index (κ1) is 16.5. The third kappa shape index (κ3) is 2.69. The Bertz CT molecular complexity index is 608. The SMILES string of the molecule is COC(=O)[C@]1([Al])[C@@H](OC(=O)c2ccccc2)C[C@H]2CC[C@@H]1N2C. The van der Waals surface area contributed by atoms with Crippen molar-refractivity contribution in [2.75, 3.05) is 14.2 Å². The highest BCUT2D eigenvalue weighted by atomic mass is 27.0. The van der Waals surface area contributed by atoms with Gasteiger partial charge in [0.15, 0.2) is 16.3 Å². The van der Waals surface area contributed by atoms with Gasteiger partial charge in [0.05, 0.1) is 12.7 Å². The molecule has 5 nitrogen and oxygen atoms in total. The van der Waals surface area contributed by atoms with Crippen LogP contribution in [-0.4, -0.2) is 65.5 Å². The highest BCUT2D eigenvalue weighted by Crippen LogP contribution is 2.51. The molecule has 2 aliphatic heterocycles. The number of fused-ring (bicyclic) bond motifs is 2. The predicted octanol–water partition coefficient (Wildman–Crippen LogP) is 1.58. The van der Waals surface area contributed by atoms with Crippen LogP contribution in [0, 0.1) is 0 Å².